The van der Waals surface area contributed by atoms with Gasteiger partial charge in [0.25, 0.3) is 0 Å². The highest BCUT2D eigenvalue weighted by atomic mass is 32.1. The van der Waals surface area contributed by atoms with Crippen LogP contribution >= 0.6 is 11.3 Å². The van der Waals surface area contributed by atoms with Gasteiger partial charge in [-0.15, -0.1) is 11.3 Å². The van der Waals surface area contributed by atoms with Crippen LogP contribution in [0.3, 0.4) is 0 Å². The van der Waals surface area contributed by atoms with Crippen LogP contribution in [0.15, 0.2) is 35.7 Å². The van der Waals surface area contributed by atoms with Crippen molar-refractivity contribution in [3.8, 4) is 10.7 Å². The lowest BCUT2D eigenvalue weighted by Gasteiger charge is -1.99. The first-order chi connectivity index (χ1) is 8.29. The monoisotopic (exact) mass is 243 g/mol. The maximum atomic E-state index is 5.65. The second-order valence-electron chi connectivity index (χ2n) is 4.00. The lowest BCUT2D eigenvalue weighted by atomic mass is 10.2. The number of thiophene rings is 1. The Labute approximate surface area is 104 Å². The number of hydrogen-bond donors (Lipinski definition) is 1. The summed E-state index contributed by atoms with van der Waals surface area (Å²) in [4.78, 5) is 5.87. The zero-order chi connectivity index (χ0) is 11.8. The van der Waals surface area contributed by atoms with Crippen molar-refractivity contribution in [2.45, 2.75) is 6.54 Å². The molecule has 0 radical (unpaired) electrons. The van der Waals surface area contributed by atoms with Crippen molar-refractivity contribution < 1.29 is 0 Å². The first-order valence-corrected chi connectivity index (χ1v) is 6.37. The number of imidazole rings is 1. The van der Waals surface area contributed by atoms with Gasteiger partial charge in [0.05, 0.1) is 15.9 Å². The predicted octanol–water partition coefficient (Wildman–Crippen LogP) is 2.76. The van der Waals surface area contributed by atoms with Gasteiger partial charge in [0.15, 0.2) is 5.82 Å². The van der Waals surface area contributed by atoms with Gasteiger partial charge in [-0.25, -0.2) is 4.98 Å². The molecule has 3 nitrogen and oxygen atoms in total. The summed E-state index contributed by atoms with van der Waals surface area (Å²) in [6.45, 7) is 0.556. The van der Waals surface area contributed by atoms with E-state index in [2.05, 4.69) is 39.2 Å². The van der Waals surface area contributed by atoms with E-state index in [1.54, 1.807) is 11.3 Å². The first-order valence-electron chi connectivity index (χ1n) is 5.49. The first kappa shape index (κ1) is 10.5. The lowest BCUT2D eigenvalue weighted by molar-refractivity contribution is 0.962. The number of nitrogens with zero attached hydrogens (tertiary/aromatic N) is 2. The van der Waals surface area contributed by atoms with Gasteiger partial charge in [-0.2, -0.15) is 0 Å². The number of nitrogens with two attached hydrogens (primary N) is 1. The predicted molar refractivity (Wildman–Crippen MR) is 71.9 cm³/mol. The Morgan fingerprint density at radius 1 is 1.35 bits per heavy atom. The highest BCUT2D eigenvalue weighted by molar-refractivity contribution is 7.13. The molecule has 1 aromatic carbocycles. The average Bonchev–Trinajstić information content (AvgIpc) is 2.97. The third kappa shape index (κ3) is 1.66. The van der Waals surface area contributed by atoms with Crippen molar-refractivity contribution in [1.82, 2.24) is 9.55 Å². The summed E-state index contributed by atoms with van der Waals surface area (Å²) in [5.41, 5.74) is 8.92. The third-order valence-electron chi connectivity index (χ3n) is 2.92. The van der Waals surface area contributed by atoms with Crippen LogP contribution in [0.5, 0.6) is 0 Å². The van der Waals surface area contributed by atoms with Crippen LogP contribution in [-0.2, 0) is 13.6 Å². The molecule has 0 unspecified atom stereocenters. The standard InChI is InChI=1S/C13H13N3S/c1-16-11-5-4-9(8-14)7-10(11)15-13(16)12-3-2-6-17-12/h2-7H,8,14H2,1H3. The molecule has 86 valence electrons. The topological polar surface area (TPSA) is 43.8 Å². The van der Waals surface area contributed by atoms with E-state index in [-0.39, 0.29) is 0 Å². The Hall–Kier alpha value is -1.65. The molecule has 0 bridgehead atoms. The summed E-state index contributed by atoms with van der Waals surface area (Å²) < 4.78 is 2.13. The van der Waals surface area contributed by atoms with E-state index in [4.69, 9.17) is 5.73 Å². The van der Waals surface area contributed by atoms with Gasteiger partial charge in [-0.3, -0.25) is 0 Å². The van der Waals surface area contributed by atoms with Crippen molar-refractivity contribution in [1.29, 1.82) is 0 Å². The van der Waals surface area contributed by atoms with E-state index in [1.807, 2.05) is 13.1 Å². The summed E-state index contributed by atoms with van der Waals surface area (Å²) >= 11 is 1.71. The normalized spacial score (nSPS) is 11.2. The molecule has 2 heterocycles. The fraction of sp³-hybridized carbons (Fsp3) is 0.154. The molecule has 0 saturated heterocycles. The summed E-state index contributed by atoms with van der Waals surface area (Å²) in [6.07, 6.45) is 0. The van der Waals surface area contributed by atoms with Crippen molar-refractivity contribution in [3.05, 3.63) is 41.3 Å². The highest BCUT2D eigenvalue weighted by Crippen LogP contribution is 2.27. The van der Waals surface area contributed by atoms with Gasteiger partial charge in [0.2, 0.25) is 0 Å². The van der Waals surface area contributed by atoms with E-state index in [1.165, 1.54) is 4.88 Å². The Morgan fingerprint density at radius 2 is 2.24 bits per heavy atom. The van der Waals surface area contributed by atoms with Crippen LogP contribution in [0.25, 0.3) is 21.7 Å². The van der Waals surface area contributed by atoms with E-state index >= 15 is 0 Å². The van der Waals surface area contributed by atoms with Gasteiger partial charge in [0.1, 0.15) is 0 Å². The van der Waals surface area contributed by atoms with Crippen LogP contribution < -0.4 is 5.73 Å². The molecule has 0 aliphatic carbocycles. The molecule has 0 fully saturated rings. The molecule has 0 spiro atoms. The minimum absolute atomic E-state index is 0.556. The summed E-state index contributed by atoms with van der Waals surface area (Å²) in [6, 6.07) is 10.3. The Bertz CT molecular complexity index is 653. The second-order valence-corrected chi connectivity index (χ2v) is 4.95. The zero-order valence-corrected chi connectivity index (χ0v) is 10.4. The molecule has 0 atom stereocenters. The minimum atomic E-state index is 0.556. The molecule has 3 rings (SSSR count). The Kier molecular flexibility index (Phi) is 2.46. The number of aromatic nitrogens is 2. The van der Waals surface area contributed by atoms with Crippen LogP contribution in [0.4, 0.5) is 0 Å². The third-order valence-corrected chi connectivity index (χ3v) is 3.79. The maximum absolute atomic E-state index is 5.65. The van der Waals surface area contributed by atoms with E-state index < -0.39 is 0 Å². The van der Waals surface area contributed by atoms with Crippen molar-refractivity contribution in [3.63, 3.8) is 0 Å². The smallest absolute Gasteiger partial charge is 0.150 e. The molecular formula is C13H13N3S. The molecule has 17 heavy (non-hydrogen) atoms. The van der Waals surface area contributed by atoms with Crippen LogP contribution in [0, 0.1) is 0 Å². The number of hydrogen-bond acceptors (Lipinski definition) is 3. The molecule has 2 N–H and O–H groups in total. The average molecular weight is 243 g/mol. The van der Waals surface area contributed by atoms with Gasteiger partial charge in [0, 0.05) is 13.6 Å². The molecule has 0 aliphatic rings. The second kappa shape index (κ2) is 3.98. The molecule has 2 aromatic heterocycles. The molecule has 0 saturated carbocycles. The number of aryl methyl sites for hydroxylation is 1. The molecule has 0 amide bonds. The SMILES string of the molecule is Cn1c(-c2cccs2)nc2cc(CN)ccc21. The molecule has 3 aromatic rings. The van der Waals surface area contributed by atoms with E-state index in [0.717, 1.165) is 22.4 Å². The molecule has 4 heteroatoms. The fourth-order valence-corrected chi connectivity index (χ4v) is 2.75. The summed E-state index contributed by atoms with van der Waals surface area (Å²) in [5, 5.41) is 2.07. The van der Waals surface area contributed by atoms with Crippen molar-refractivity contribution in [2.75, 3.05) is 0 Å². The van der Waals surface area contributed by atoms with Gasteiger partial charge in [-0.05, 0) is 29.1 Å². The summed E-state index contributed by atoms with van der Waals surface area (Å²) in [5.74, 6) is 1.02. The largest absolute Gasteiger partial charge is 0.326 e. The minimum Gasteiger partial charge on any atom is -0.326 e. The van der Waals surface area contributed by atoms with Crippen LogP contribution in [0.2, 0.25) is 0 Å². The number of benzene rings is 1. The number of fused-ring (bicyclic) bond motifs is 1. The highest BCUT2D eigenvalue weighted by Gasteiger charge is 2.10. The van der Waals surface area contributed by atoms with Gasteiger partial charge < -0.3 is 10.3 Å². The molecule has 0 aliphatic heterocycles. The zero-order valence-electron chi connectivity index (χ0n) is 9.55. The van der Waals surface area contributed by atoms with Crippen molar-refractivity contribution >= 4 is 22.4 Å². The maximum Gasteiger partial charge on any atom is 0.150 e. The van der Waals surface area contributed by atoms with Gasteiger partial charge >= 0.3 is 0 Å². The lowest BCUT2D eigenvalue weighted by Crippen LogP contribution is -1.95. The number of rotatable bonds is 2. The quantitative estimate of drug-likeness (QED) is 0.752. The van der Waals surface area contributed by atoms with E-state index in [0.29, 0.717) is 6.54 Å². The van der Waals surface area contributed by atoms with Crippen molar-refractivity contribution in [2.24, 2.45) is 12.8 Å². The van der Waals surface area contributed by atoms with Crippen LogP contribution in [-0.4, -0.2) is 9.55 Å². The van der Waals surface area contributed by atoms with Gasteiger partial charge in [-0.1, -0.05) is 12.1 Å². The fourth-order valence-electron chi connectivity index (χ4n) is 2.00. The summed E-state index contributed by atoms with van der Waals surface area (Å²) in [7, 11) is 2.05. The Balaban J connectivity index is 2.24. The molecular weight excluding hydrogens is 230 g/mol. The Morgan fingerprint density at radius 3 is 2.94 bits per heavy atom. The van der Waals surface area contributed by atoms with E-state index in [9.17, 15) is 0 Å². The van der Waals surface area contributed by atoms with Crippen LogP contribution in [0.1, 0.15) is 5.56 Å².